The highest BCUT2D eigenvalue weighted by atomic mass is 19.4. The number of nitrogens with two attached hydrogens (primary N) is 1. The van der Waals surface area contributed by atoms with Crippen molar-refractivity contribution in [3.8, 4) is 11.6 Å². The largest absolute Gasteiger partial charge is 0.439 e. The van der Waals surface area contributed by atoms with Crippen LogP contribution in [-0.2, 0) is 6.18 Å². The maximum absolute atomic E-state index is 13.0. The minimum atomic E-state index is -4.80. The van der Waals surface area contributed by atoms with Gasteiger partial charge in [0.15, 0.2) is 0 Å². The topological polar surface area (TPSA) is 61.0 Å². The molecule has 2 N–H and O–H groups in total. The van der Waals surface area contributed by atoms with E-state index in [0.29, 0.717) is 12.1 Å². The first-order chi connectivity index (χ1) is 8.86. The first-order valence-corrected chi connectivity index (χ1v) is 4.98. The number of hydrogen-bond acceptors (Lipinski definition) is 4. The average molecular weight is 273 g/mol. The lowest BCUT2D eigenvalue weighted by Gasteiger charge is -2.10. The molecule has 0 aliphatic heterocycles. The quantitative estimate of drug-likeness (QED) is 0.854. The van der Waals surface area contributed by atoms with Gasteiger partial charge in [-0.2, -0.15) is 13.2 Å². The fraction of sp³-hybridized carbons (Fsp3) is 0.0909. The molecule has 0 spiro atoms. The van der Waals surface area contributed by atoms with Crippen LogP contribution in [0.25, 0.3) is 0 Å². The maximum atomic E-state index is 13.0. The van der Waals surface area contributed by atoms with Crippen molar-refractivity contribution >= 4 is 5.82 Å². The van der Waals surface area contributed by atoms with Gasteiger partial charge in [-0.15, -0.1) is 0 Å². The number of aromatic nitrogens is 2. The van der Waals surface area contributed by atoms with Crippen molar-refractivity contribution in [2.45, 2.75) is 6.18 Å². The highest BCUT2D eigenvalue weighted by molar-refractivity contribution is 5.37. The second-order valence-corrected chi connectivity index (χ2v) is 3.52. The highest BCUT2D eigenvalue weighted by Gasteiger charge is 2.34. The molecular formula is C11H7F4N3O. The van der Waals surface area contributed by atoms with Crippen molar-refractivity contribution in [2.75, 3.05) is 5.73 Å². The Bertz CT molecular complexity index is 601. The van der Waals surface area contributed by atoms with Crippen molar-refractivity contribution in [1.29, 1.82) is 0 Å². The van der Waals surface area contributed by atoms with Crippen LogP contribution >= 0.6 is 0 Å². The van der Waals surface area contributed by atoms with Gasteiger partial charge in [0, 0.05) is 6.07 Å². The van der Waals surface area contributed by atoms with Gasteiger partial charge in [-0.25, -0.2) is 14.4 Å². The summed E-state index contributed by atoms with van der Waals surface area (Å²) < 4.78 is 55.6. The molecule has 0 fully saturated rings. The second-order valence-electron chi connectivity index (χ2n) is 3.52. The Morgan fingerprint density at radius 2 is 1.84 bits per heavy atom. The minimum absolute atomic E-state index is 0.0350. The SMILES string of the molecule is Nc1cc(Oc2ccc(F)c(C(F)(F)F)c2)ncn1. The van der Waals surface area contributed by atoms with E-state index in [4.69, 9.17) is 10.5 Å². The van der Waals surface area contributed by atoms with E-state index in [2.05, 4.69) is 9.97 Å². The van der Waals surface area contributed by atoms with Gasteiger partial charge in [0.05, 0.1) is 5.56 Å². The number of hydrogen-bond donors (Lipinski definition) is 1. The first-order valence-electron chi connectivity index (χ1n) is 4.98. The van der Waals surface area contributed by atoms with Crippen LogP contribution in [-0.4, -0.2) is 9.97 Å². The fourth-order valence-corrected chi connectivity index (χ4v) is 1.32. The zero-order valence-corrected chi connectivity index (χ0v) is 9.28. The molecule has 8 heteroatoms. The van der Waals surface area contributed by atoms with E-state index in [0.717, 1.165) is 12.4 Å². The smallest absolute Gasteiger partial charge is 0.419 e. The number of nitrogens with zero attached hydrogens (tertiary/aromatic N) is 2. The van der Waals surface area contributed by atoms with Crippen LogP contribution in [0, 0.1) is 5.82 Å². The third-order valence-corrected chi connectivity index (χ3v) is 2.13. The summed E-state index contributed by atoms with van der Waals surface area (Å²) >= 11 is 0. The van der Waals surface area contributed by atoms with Crippen LogP contribution in [0.5, 0.6) is 11.6 Å². The predicted octanol–water partition coefficient (Wildman–Crippen LogP) is 3.01. The molecule has 1 aromatic heterocycles. The molecule has 0 atom stereocenters. The van der Waals surface area contributed by atoms with E-state index < -0.39 is 17.6 Å². The van der Waals surface area contributed by atoms with E-state index in [1.807, 2.05) is 0 Å². The molecule has 4 nitrogen and oxygen atoms in total. The van der Waals surface area contributed by atoms with Crippen molar-refractivity contribution in [1.82, 2.24) is 9.97 Å². The van der Waals surface area contributed by atoms with Gasteiger partial charge in [0.1, 0.15) is 23.7 Å². The summed E-state index contributed by atoms with van der Waals surface area (Å²) in [5, 5.41) is 0. The first kappa shape index (κ1) is 13.1. The molecule has 0 unspecified atom stereocenters. The Morgan fingerprint density at radius 1 is 1.11 bits per heavy atom. The van der Waals surface area contributed by atoms with E-state index in [9.17, 15) is 17.6 Å². The van der Waals surface area contributed by atoms with Crippen molar-refractivity contribution in [3.63, 3.8) is 0 Å². The molecule has 0 aliphatic carbocycles. The summed E-state index contributed by atoms with van der Waals surface area (Å²) in [6, 6.07) is 3.51. The van der Waals surface area contributed by atoms with Crippen molar-refractivity contribution in [2.24, 2.45) is 0 Å². The summed E-state index contributed by atoms with van der Waals surface area (Å²) in [7, 11) is 0. The molecule has 0 saturated carbocycles. The zero-order valence-electron chi connectivity index (χ0n) is 9.28. The number of halogens is 4. The lowest BCUT2D eigenvalue weighted by atomic mass is 10.2. The Morgan fingerprint density at radius 3 is 2.47 bits per heavy atom. The summed E-state index contributed by atoms with van der Waals surface area (Å²) in [6.07, 6.45) is -3.70. The lowest BCUT2D eigenvalue weighted by Crippen LogP contribution is -2.08. The highest BCUT2D eigenvalue weighted by Crippen LogP contribution is 2.34. The minimum Gasteiger partial charge on any atom is -0.439 e. The Hall–Kier alpha value is -2.38. The average Bonchev–Trinajstić information content (AvgIpc) is 2.30. The van der Waals surface area contributed by atoms with Crippen molar-refractivity contribution in [3.05, 3.63) is 42.0 Å². The Balaban J connectivity index is 2.32. The molecule has 2 aromatic rings. The van der Waals surface area contributed by atoms with Gasteiger partial charge in [-0.3, -0.25) is 0 Å². The number of benzene rings is 1. The van der Waals surface area contributed by atoms with E-state index >= 15 is 0 Å². The lowest BCUT2D eigenvalue weighted by molar-refractivity contribution is -0.140. The molecular weight excluding hydrogens is 266 g/mol. The third kappa shape index (κ3) is 3.09. The third-order valence-electron chi connectivity index (χ3n) is 2.13. The normalized spacial score (nSPS) is 11.4. The second kappa shape index (κ2) is 4.71. The maximum Gasteiger partial charge on any atom is 0.419 e. The van der Waals surface area contributed by atoms with Gasteiger partial charge in [-0.05, 0) is 18.2 Å². The summed E-state index contributed by atoms with van der Waals surface area (Å²) in [5.74, 6) is -1.51. The molecule has 1 aromatic carbocycles. The van der Waals surface area contributed by atoms with Gasteiger partial charge < -0.3 is 10.5 Å². The molecule has 100 valence electrons. The van der Waals surface area contributed by atoms with Crippen LogP contribution < -0.4 is 10.5 Å². The molecule has 0 aliphatic rings. The number of rotatable bonds is 2. The summed E-state index contributed by atoms with van der Waals surface area (Å²) in [5.41, 5.74) is 3.95. The van der Waals surface area contributed by atoms with Gasteiger partial charge in [0.25, 0.3) is 0 Å². The number of nitrogen functional groups attached to an aromatic ring is 1. The Labute approximate surface area is 104 Å². The molecule has 2 rings (SSSR count). The molecule has 0 amide bonds. The molecule has 19 heavy (non-hydrogen) atoms. The number of ether oxygens (including phenoxy) is 1. The Kier molecular flexibility index (Phi) is 3.24. The van der Waals surface area contributed by atoms with Crippen molar-refractivity contribution < 1.29 is 22.3 Å². The van der Waals surface area contributed by atoms with Crippen LogP contribution in [0.15, 0.2) is 30.6 Å². The predicted molar refractivity (Wildman–Crippen MR) is 57.9 cm³/mol. The summed E-state index contributed by atoms with van der Waals surface area (Å²) in [6.45, 7) is 0. The summed E-state index contributed by atoms with van der Waals surface area (Å²) in [4.78, 5) is 7.26. The fourth-order valence-electron chi connectivity index (χ4n) is 1.32. The molecule has 0 saturated heterocycles. The van der Waals surface area contributed by atoms with Crippen LogP contribution in [0.2, 0.25) is 0 Å². The number of alkyl halides is 3. The monoisotopic (exact) mass is 273 g/mol. The van der Waals surface area contributed by atoms with Crippen LogP contribution in [0.3, 0.4) is 0 Å². The molecule has 1 heterocycles. The van der Waals surface area contributed by atoms with Crippen LogP contribution in [0.1, 0.15) is 5.56 Å². The van der Waals surface area contributed by atoms with E-state index in [1.54, 1.807) is 0 Å². The van der Waals surface area contributed by atoms with Gasteiger partial charge in [-0.1, -0.05) is 0 Å². The van der Waals surface area contributed by atoms with E-state index in [-0.39, 0.29) is 17.4 Å². The molecule has 0 radical (unpaired) electrons. The zero-order chi connectivity index (χ0) is 14.0. The van der Waals surface area contributed by atoms with E-state index in [1.165, 1.54) is 6.07 Å². The van der Waals surface area contributed by atoms with Crippen LogP contribution in [0.4, 0.5) is 23.4 Å². The standard InChI is InChI=1S/C11H7F4N3O/c12-8-2-1-6(3-7(8)11(13,14)15)19-10-4-9(16)17-5-18-10/h1-5H,(H2,16,17,18). The number of anilines is 1. The van der Waals surface area contributed by atoms with Gasteiger partial charge >= 0.3 is 6.18 Å². The molecule has 0 bridgehead atoms. The van der Waals surface area contributed by atoms with Gasteiger partial charge in [0.2, 0.25) is 5.88 Å².